The van der Waals surface area contributed by atoms with E-state index in [-0.39, 0.29) is 18.3 Å². The number of aliphatic hydroxyl groups is 1. The van der Waals surface area contributed by atoms with E-state index >= 15 is 0 Å². The van der Waals surface area contributed by atoms with Crippen molar-refractivity contribution >= 4 is 11.7 Å². The van der Waals surface area contributed by atoms with Gasteiger partial charge < -0.3 is 20.6 Å². The standard InChI is InChI=1S/C20H20F3N3O3/c21-20(22,23)19(28)12-17(26-29-19)16-8-4-7-15(11-16)13-25-18(27)24-10-9-14-5-2-1-3-6-14/h1-8,11,28H,9-10,12-13H2,(H2,24,25,27). The molecule has 0 saturated heterocycles. The van der Waals surface area contributed by atoms with Gasteiger partial charge in [0.05, 0.1) is 12.1 Å². The lowest BCUT2D eigenvalue weighted by atomic mass is 10.0. The van der Waals surface area contributed by atoms with Crippen LogP contribution < -0.4 is 10.6 Å². The van der Waals surface area contributed by atoms with Crippen LogP contribution in [-0.2, 0) is 17.8 Å². The molecule has 0 fully saturated rings. The Balaban J connectivity index is 1.49. The van der Waals surface area contributed by atoms with Crippen LogP contribution in [-0.4, -0.2) is 35.4 Å². The summed E-state index contributed by atoms with van der Waals surface area (Å²) in [4.78, 5) is 16.1. The minimum absolute atomic E-state index is 0.0148. The summed E-state index contributed by atoms with van der Waals surface area (Å²) in [5, 5.41) is 18.4. The predicted molar refractivity (Wildman–Crippen MR) is 100 cm³/mol. The fraction of sp³-hybridized carbons (Fsp3) is 0.300. The number of halogens is 3. The molecule has 2 amide bonds. The molecule has 1 aliphatic heterocycles. The van der Waals surface area contributed by atoms with Gasteiger partial charge in [-0.3, -0.25) is 0 Å². The summed E-state index contributed by atoms with van der Waals surface area (Å²) in [5.74, 6) is -3.31. The fourth-order valence-corrected chi connectivity index (χ4v) is 2.80. The van der Waals surface area contributed by atoms with Gasteiger partial charge >= 0.3 is 18.0 Å². The number of amides is 2. The van der Waals surface area contributed by atoms with Crippen molar-refractivity contribution < 1.29 is 27.9 Å². The summed E-state index contributed by atoms with van der Waals surface area (Å²) in [6, 6.07) is 15.9. The molecule has 0 bridgehead atoms. The molecule has 0 aliphatic carbocycles. The molecule has 29 heavy (non-hydrogen) atoms. The second kappa shape index (κ2) is 8.52. The van der Waals surface area contributed by atoms with E-state index in [1.165, 1.54) is 0 Å². The average molecular weight is 407 g/mol. The van der Waals surface area contributed by atoms with E-state index in [1.807, 2.05) is 30.3 Å². The van der Waals surface area contributed by atoms with Crippen LogP contribution in [0.3, 0.4) is 0 Å². The smallest absolute Gasteiger partial charge is 0.350 e. The van der Waals surface area contributed by atoms with Crippen LogP contribution >= 0.6 is 0 Å². The topological polar surface area (TPSA) is 83.0 Å². The lowest BCUT2D eigenvalue weighted by molar-refractivity contribution is -0.355. The van der Waals surface area contributed by atoms with Crippen LogP contribution in [0.15, 0.2) is 59.8 Å². The molecule has 0 spiro atoms. The molecule has 2 aromatic carbocycles. The number of oxime groups is 1. The van der Waals surface area contributed by atoms with Crippen molar-refractivity contribution in [2.75, 3.05) is 6.54 Å². The number of alkyl halides is 3. The van der Waals surface area contributed by atoms with Crippen LogP contribution in [0.5, 0.6) is 0 Å². The molecule has 0 saturated carbocycles. The molecule has 1 atom stereocenters. The summed E-state index contributed by atoms with van der Waals surface area (Å²) in [6.07, 6.45) is -5.05. The van der Waals surface area contributed by atoms with Crippen molar-refractivity contribution in [1.82, 2.24) is 10.6 Å². The minimum Gasteiger partial charge on any atom is -0.350 e. The van der Waals surface area contributed by atoms with Gasteiger partial charge in [0.25, 0.3) is 0 Å². The third kappa shape index (κ3) is 5.26. The van der Waals surface area contributed by atoms with Crippen LogP contribution in [0.4, 0.5) is 18.0 Å². The highest BCUT2D eigenvalue weighted by atomic mass is 19.4. The number of urea groups is 1. The lowest BCUT2D eigenvalue weighted by Gasteiger charge is -2.22. The van der Waals surface area contributed by atoms with E-state index in [0.717, 1.165) is 5.56 Å². The number of benzene rings is 2. The second-order valence-corrected chi connectivity index (χ2v) is 6.63. The zero-order valence-corrected chi connectivity index (χ0v) is 15.4. The SMILES string of the molecule is O=C(NCCc1ccccc1)NCc1cccc(C2=NOC(O)(C(F)(F)F)C2)c1. The number of rotatable bonds is 6. The van der Waals surface area contributed by atoms with Gasteiger partial charge in [0.2, 0.25) is 0 Å². The van der Waals surface area contributed by atoms with Crippen LogP contribution in [0.1, 0.15) is 23.1 Å². The van der Waals surface area contributed by atoms with E-state index in [0.29, 0.717) is 24.1 Å². The van der Waals surface area contributed by atoms with E-state index in [9.17, 15) is 23.1 Å². The third-order valence-corrected chi connectivity index (χ3v) is 4.41. The summed E-state index contributed by atoms with van der Waals surface area (Å²) in [5.41, 5.74) is 2.15. The first kappa shape index (κ1) is 20.7. The summed E-state index contributed by atoms with van der Waals surface area (Å²) < 4.78 is 38.5. The Bertz CT molecular complexity index is 887. The Morgan fingerprint density at radius 3 is 2.52 bits per heavy atom. The normalized spacial score (nSPS) is 18.7. The van der Waals surface area contributed by atoms with Gasteiger partial charge in [0.15, 0.2) is 0 Å². The number of nitrogens with zero attached hydrogens (tertiary/aromatic N) is 1. The van der Waals surface area contributed by atoms with Gasteiger partial charge in [0.1, 0.15) is 0 Å². The largest absolute Gasteiger partial charge is 0.458 e. The van der Waals surface area contributed by atoms with E-state index in [1.54, 1.807) is 24.3 Å². The Hall–Kier alpha value is -3.07. The van der Waals surface area contributed by atoms with Gasteiger partial charge in [-0.15, -0.1) is 0 Å². The number of nitrogens with one attached hydrogen (secondary N) is 2. The molecule has 9 heteroatoms. The van der Waals surface area contributed by atoms with Crippen molar-refractivity contribution in [2.45, 2.75) is 31.3 Å². The van der Waals surface area contributed by atoms with Crippen molar-refractivity contribution in [2.24, 2.45) is 5.16 Å². The predicted octanol–water partition coefficient (Wildman–Crippen LogP) is 3.10. The molecule has 154 valence electrons. The highest BCUT2D eigenvalue weighted by Gasteiger charge is 2.60. The molecular weight excluding hydrogens is 387 g/mol. The van der Waals surface area contributed by atoms with Crippen molar-refractivity contribution in [3.05, 3.63) is 71.3 Å². The molecule has 1 heterocycles. The fourth-order valence-electron chi connectivity index (χ4n) is 2.80. The maximum atomic E-state index is 12.8. The third-order valence-electron chi connectivity index (χ3n) is 4.41. The lowest BCUT2D eigenvalue weighted by Crippen LogP contribution is -2.45. The van der Waals surface area contributed by atoms with Gasteiger partial charge in [0, 0.05) is 13.1 Å². The molecule has 0 aromatic heterocycles. The van der Waals surface area contributed by atoms with Gasteiger partial charge in [-0.05, 0) is 29.2 Å². The van der Waals surface area contributed by atoms with Gasteiger partial charge in [-0.1, -0.05) is 53.7 Å². The maximum absolute atomic E-state index is 12.8. The number of hydrogen-bond acceptors (Lipinski definition) is 4. The van der Waals surface area contributed by atoms with Gasteiger partial charge in [-0.2, -0.15) is 13.2 Å². The Labute approximate surface area is 165 Å². The van der Waals surface area contributed by atoms with E-state index in [4.69, 9.17) is 0 Å². The van der Waals surface area contributed by atoms with Crippen LogP contribution in [0.2, 0.25) is 0 Å². The molecule has 3 rings (SSSR count). The van der Waals surface area contributed by atoms with Crippen LogP contribution in [0, 0.1) is 0 Å². The number of carbonyl (C=O) groups is 1. The maximum Gasteiger partial charge on any atom is 0.458 e. The zero-order valence-electron chi connectivity index (χ0n) is 15.4. The average Bonchev–Trinajstić information content (AvgIpc) is 3.11. The van der Waals surface area contributed by atoms with Crippen molar-refractivity contribution in [3.63, 3.8) is 0 Å². The first-order valence-corrected chi connectivity index (χ1v) is 8.96. The minimum atomic E-state index is -4.95. The number of hydrogen-bond donors (Lipinski definition) is 3. The highest BCUT2D eigenvalue weighted by molar-refractivity contribution is 6.01. The Morgan fingerprint density at radius 1 is 1.10 bits per heavy atom. The summed E-state index contributed by atoms with van der Waals surface area (Å²) in [7, 11) is 0. The molecule has 6 nitrogen and oxygen atoms in total. The van der Waals surface area contributed by atoms with E-state index < -0.39 is 18.4 Å². The Kier molecular flexibility index (Phi) is 6.07. The second-order valence-electron chi connectivity index (χ2n) is 6.63. The quantitative estimate of drug-likeness (QED) is 0.688. The molecule has 1 aliphatic rings. The van der Waals surface area contributed by atoms with Crippen LogP contribution in [0.25, 0.3) is 0 Å². The molecule has 3 N–H and O–H groups in total. The summed E-state index contributed by atoms with van der Waals surface area (Å²) >= 11 is 0. The molecular formula is C20H20F3N3O3. The van der Waals surface area contributed by atoms with Crippen molar-refractivity contribution in [1.29, 1.82) is 0 Å². The monoisotopic (exact) mass is 407 g/mol. The molecule has 0 radical (unpaired) electrons. The first-order chi connectivity index (χ1) is 13.8. The first-order valence-electron chi connectivity index (χ1n) is 8.96. The molecule has 1 unspecified atom stereocenters. The Morgan fingerprint density at radius 2 is 1.83 bits per heavy atom. The summed E-state index contributed by atoms with van der Waals surface area (Å²) in [6.45, 7) is 0.655. The van der Waals surface area contributed by atoms with Crippen molar-refractivity contribution in [3.8, 4) is 0 Å². The van der Waals surface area contributed by atoms with E-state index in [2.05, 4.69) is 20.6 Å². The zero-order chi connectivity index (χ0) is 20.9. The molecule has 2 aromatic rings. The number of carbonyl (C=O) groups excluding carboxylic acids is 1. The van der Waals surface area contributed by atoms with Gasteiger partial charge in [-0.25, -0.2) is 4.79 Å². The highest BCUT2D eigenvalue weighted by Crippen LogP contribution is 2.38.